The number of amides is 2. The third-order valence-corrected chi connectivity index (χ3v) is 5.73. The summed E-state index contributed by atoms with van der Waals surface area (Å²) in [6.45, 7) is 0. The van der Waals surface area contributed by atoms with Crippen molar-refractivity contribution in [2.75, 3.05) is 0 Å². The van der Waals surface area contributed by atoms with E-state index in [-0.39, 0.29) is 22.9 Å². The third-order valence-electron chi connectivity index (χ3n) is 4.64. The van der Waals surface area contributed by atoms with Crippen molar-refractivity contribution in [2.24, 2.45) is 4.99 Å². The molecule has 1 atom stereocenters. The van der Waals surface area contributed by atoms with Gasteiger partial charge in [-0.15, -0.1) is 5.06 Å². The van der Waals surface area contributed by atoms with Gasteiger partial charge in [-0.1, -0.05) is 18.9 Å². The Morgan fingerprint density at radius 3 is 2.59 bits per heavy atom. The zero-order valence-corrected chi connectivity index (χ0v) is 17.5. The number of nitro benzene ring substituents is 1. The van der Waals surface area contributed by atoms with Crippen LogP contribution >= 0.6 is 0 Å². The van der Waals surface area contributed by atoms with E-state index in [2.05, 4.69) is 9.83 Å². The largest absolute Gasteiger partial charge is 0.333 e. The van der Waals surface area contributed by atoms with Crippen molar-refractivity contribution in [1.29, 1.82) is 5.41 Å². The van der Waals surface area contributed by atoms with Gasteiger partial charge in [-0.25, -0.2) is 10.2 Å². The number of unbranched alkanes of at least 4 members (excludes halogenated alkanes) is 3. The Hall–Kier alpha value is -3.48. The lowest BCUT2D eigenvalue weighted by molar-refractivity contribution is -0.385. The highest BCUT2D eigenvalue weighted by atomic mass is 32.2. The smallest absolute Gasteiger partial charge is 0.330 e. The van der Waals surface area contributed by atoms with Crippen LogP contribution in [0.25, 0.3) is 0 Å². The van der Waals surface area contributed by atoms with Gasteiger partial charge < -0.3 is 4.84 Å². The van der Waals surface area contributed by atoms with Gasteiger partial charge in [0.05, 0.1) is 23.0 Å². The van der Waals surface area contributed by atoms with E-state index in [0.717, 1.165) is 0 Å². The Balaban J connectivity index is 1.75. The predicted octanol–water partition coefficient (Wildman–Crippen LogP) is 1.95. The van der Waals surface area contributed by atoms with Crippen LogP contribution in [0.2, 0.25) is 0 Å². The molecular weight excluding hydrogens is 448 g/mol. The van der Waals surface area contributed by atoms with Crippen molar-refractivity contribution >= 4 is 45.3 Å². The molecule has 32 heavy (non-hydrogen) atoms. The average Bonchev–Trinajstić information content (AvgIpc) is 3.00. The molecule has 0 bridgehead atoms. The predicted molar refractivity (Wildman–Crippen MR) is 108 cm³/mol. The van der Waals surface area contributed by atoms with E-state index in [1.165, 1.54) is 6.07 Å². The first-order valence-electron chi connectivity index (χ1n) is 9.48. The molecule has 0 spiro atoms. The number of rotatable bonds is 11. The molecule has 0 aromatic heterocycles. The van der Waals surface area contributed by atoms with Gasteiger partial charge in [-0.05, 0) is 25.3 Å². The van der Waals surface area contributed by atoms with Crippen molar-refractivity contribution < 1.29 is 37.1 Å². The van der Waals surface area contributed by atoms with Crippen LogP contribution in [0.1, 0.15) is 44.1 Å². The number of aliphatic imine (C=N–C) groups is 1. The number of hydroxylamine groups is 2. The summed E-state index contributed by atoms with van der Waals surface area (Å²) in [5.74, 6) is -3.25. The number of nitrogens with one attached hydrogen (secondary N) is 1. The minimum Gasteiger partial charge on any atom is -0.330 e. The molecule has 2 amide bonds. The molecule has 0 saturated carbocycles. The second-order valence-corrected chi connectivity index (χ2v) is 8.50. The summed E-state index contributed by atoms with van der Waals surface area (Å²) < 4.78 is 31.1. The maximum absolute atomic E-state index is 11.8. The molecule has 2 rings (SSSR count). The van der Waals surface area contributed by atoms with Crippen molar-refractivity contribution in [2.45, 2.75) is 50.2 Å². The van der Waals surface area contributed by atoms with Crippen molar-refractivity contribution in [3.63, 3.8) is 0 Å². The number of carbonyl (C=O) groups is 3. The van der Waals surface area contributed by atoms with Gasteiger partial charge in [-0.3, -0.25) is 24.3 Å². The van der Waals surface area contributed by atoms with Crippen molar-refractivity contribution in [3.05, 3.63) is 33.9 Å². The number of hydrogen-bond acceptors (Lipinski definition) is 10. The summed E-state index contributed by atoms with van der Waals surface area (Å²) >= 11 is 0. The fourth-order valence-corrected chi connectivity index (χ4v) is 3.77. The van der Waals surface area contributed by atoms with Crippen LogP contribution in [0.5, 0.6) is 0 Å². The summed E-state index contributed by atoms with van der Waals surface area (Å²) in [5.41, 5.74) is 0.665. The summed E-state index contributed by atoms with van der Waals surface area (Å²) in [7, 11) is -4.78. The van der Waals surface area contributed by atoms with Crippen LogP contribution in [0.3, 0.4) is 0 Å². The SMILES string of the molecule is N=C=Nc1ccc(CCCCCCC(=O)ON2C(=O)CC(S(=O)(=O)O)C2=O)c([N+](=O)[O-])c1. The number of hydrogen-bond donors (Lipinski definition) is 2. The standard InChI is InChI=1S/C18H20N4O9S/c19-11-20-13-8-7-12(14(9-13)22(26)27)5-3-1-2-4-6-17(24)31-21-16(23)10-15(18(21)25)32(28,29)30/h7-9,15,19H,1-6,10H2,(H,28,29,30). The Morgan fingerprint density at radius 2 is 2.00 bits per heavy atom. The monoisotopic (exact) mass is 468 g/mol. The number of carbonyl (C=O) groups excluding carboxylic acids is 3. The van der Waals surface area contributed by atoms with Crippen LogP contribution in [-0.4, -0.2) is 52.0 Å². The molecule has 1 unspecified atom stereocenters. The summed E-state index contributed by atoms with van der Waals surface area (Å²) in [4.78, 5) is 54.1. The molecule has 2 N–H and O–H groups in total. The second-order valence-electron chi connectivity index (χ2n) is 6.91. The van der Waals surface area contributed by atoms with E-state index < -0.39 is 44.5 Å². The van der Waals surface area contributed by atoms with Gasteiger partial charge in [0.15, 0.2) is 5.25 Å². The molecule has 1 aromatic rings. The first-order valence-corrected chi connectivity index (χ1v) is 11.0. The fourth-order valence-electron chi connectivity index (χ4n) is 3.06. The Labute approximate surface area is 182 Å². The minimum atomic E-state index is -4.78. The molecule has 1 heterocycles. The zero-order chi connectivity index (χ0) is 23.9. The van der Waals surface area contributed by atoms with Crippen LogP contribution in [0.15, 0.2) is 23.2 Å². The summed E-state index contributed by atoms with van der Waals surface area (Å²) in [6, 6.07) is 6.20. The van der Waals surface area contributed by atoms with Crippen LogP contribution < -0.4 is 0 Å². The molecule has 172 valence electrons. The van der Waals surface area contributed by atoms with Crippen LogP contribution in [-0.2, 0) is 35.8 Å². The lowest BCUT2D eigenvalue weighted by Gasteiger charge is -2.13. The van der Waals surface area contributed by atoms with Gasteiger partial charge in [-0.2, -0.15) is 13.4 Å². The number of benzene rings is 1. The number of nitrogens with zero attached hydrogens (tertiary/aromatic N) is 3. The highest BCUT2D eigenvalue weighted by Gasteiger charge is 2.48. The number of imide groups is 1. The minimum absolute atomic E-state index is 0.0616. The van der Waals surface area contributed by atoms with Gasteiger partial charge in [0.1, 0.15) is 0 Å². The Bertz CT molecular complexity index is 1080. The number of nitro groups is 1. The maximum Gasteiger partial charge on any atom is 0.333 e. The van der Waals surface area contributed by atoms with E-state index in [4.69, 9.17) is 9.96 Å². The molecule has 1 fully saturated rings. The maximum atomic E-state index is 11.8. The van der Waals surface area contributed by atoms with E-state index in [0.29, 0.717) is 37.7 Å². The van der Waals surface area contributed by atoms with E-state index in [1.54, 1.807) is 12.1 Å². The highest BCUT2D eigenvalue weighted by Crippen LogP contribution is 2.26. The quantitative estimate of drug-likeness (QED) is 0.122. The highest BCUT2D eigenvalue weighted by molar-refractivity contribution is 7.87. The normalized spacial score (nSPS) is 16.0. The zero-order valence-electron chi connectivity index (χ0n) is 16.7. The van der Waals surface area contributed by atoms with E-state index in [9.17, 15) is 32.9 Å². The third kappa shape index (κ3) is 6.51. The topological polar surface area (TPSA) is 197 Å². The van der Waals surface area contributed by atoms with Crippen molar-refractivity contribution in [3.8, 4) is 0 Å². The molecule has 1 saturated heterocycles. The number of aryl methyl sites for hydroxylation is 1. The Morgan fingerprint density at radius 1 is 1.31 bits per heavy atom. The molecule has 1 aromatic carbocycles. The van der Waals surface area contributed by atoms with E-state index >= 15 is 0 Å². The fraction of sp³-hybridized carbons (Fsp3) is 0.444. The molecule has 0 aliphatic carbocycles. The van der Waals surface area contributed by atoms with Gasteiger partial charge in [0, 0.05) is 18.1 Å². The molecular formula is C18H20N4O9S. The van der Waals surface area contributed by atoms with Gasteiger partial charge in [0.25, 0.3) is 27.6 Å². The lowest BCUT2D eigenvalue weighted by atomic mass is 10.0. The molecule has 1 aliphatic heterocycles. The van der Waals surface area contributed by atoms with Crippen LogP contribution in [0, 0.1) is 15.5 Å². The first-order chi connectivity index (χ1) is 15.0. The van der Waals surface area contributed by atoms with Gasteiger partial charge in [0.2, 0.25) is 0 Å². The average molecular weight is 468 g/mol. The molecule has 13 nitrogen and oxygen atoms in total. The summed E-state index contributed by atoms with van der Waals surface area (Å²) in [5, 5.41) is 16.1. The van der Waals surface area contributed by atoms with Crippen LogP contribution in [0.4, 0.5) is 11.4 Å². The molecule has 1 aliphatic rings. The molecule has 14 heteroatoms. The first kappa shape index (κ1) is 24.8. The van der Waals surface area contributed by atoms with Crippen molar-refractivity contribution in [1.82, 2.24) is 5.06 Å². The Kier molecular flexibility index (Phi) is 8.29. The summed E-state index contributed by atoms with van der Waals surface area (Å²) in [6.07, 6.45) is 1.64. The van der Waals surface area contributed by atoms with E-state index in [1.807, 2.05) is 6.01 Å². The molecule has 0 radical (unpaired) electrons. The lowest BCUT2D eigenvalue weighted by Crippen LogP contribution is -2.36. The van der Waals surface area contributed by atoms with Gasteiger partial charge >= 0.3 is 5.97 Å². The second kappa shape index (κ2) is 10.7.